The predicted molar refractivity (Wildman–Crippen MR) is 68.3 cm³/mol. The van der Waals surface area contributed by atoms with Crippen LogP contribution < -0.4 is 5.32 Å². The summed E-state index contributed by atoms with van der Waals surface area (Å²) in [6.45, 7) is 8.93. The number of hydrogen-bond donors (Lipinski definition) is 3. The topological polar surface area (TPSA) is 89.9 Å². The molecule has 6 nitrogen and oxygen atoms in total. The minimum absolute atomic E-state index is 0.00702. The van der Waals surface area contributed by atoms with E-state index in [2.05, 4.69) is 11.9 Å². The van der Waals surface area contributed by atoms with Crippen LogP contribution in [0.25, 0.3) is 0 Å². The van der Waals surface area contributed by atoms with Crippen LogP contribution in [0.5, 0.6) is 0 Å². The molecule has 0 radical (unpaired) electrons. The van der Waals surface area contributed by atoms with Crippen LogP contribution in [0.1, 0.15) is 27.2 Å². The van der Waals surface area contributed by atoms with E-state index in [4.69, 9.17) is 5.11 Å². The van der Waals surface area contributed by atoms with Gasteiger partial charge in [-0.15, -0.1) is 6.58 Å². The van der Waals surface area contributed by atoms with Crippen molar-refractivity contribution in [3.05, 3.63) is 12.7 Å². The maximum atomic E-state index is 11.8. The number of carbonyl (C=O) groups excluding carboxylic acids is 1. The molecule has 0 aromatic carbocycles. The highest BCUT2D eigenvalue weighted by atomic mass is 16.4. The maximum Gasteiger partial charge on any atom is 0.318 e. The third-order valence-electron chi connectivity index (χ3n) is 2.36. The zero-order valence-corrected chi connectivity index (χ0v) is 11.1. The molecule has 0 aliphatic rings. The van der Waals surface area contributed by atoms with Crippen LogP contribution in [0.2, 0.25) is 0 Å². The number of carboxylic acid groups (broad SMARTS) is 1. The Morgan fingerprint density at radius 2 is 2.06 bits per heavy atom. The molecule has 6 heteroatoms. The van der Waals surface area contributed by atoms with Crippen LogP contribution in [0, 0.1) is 0 Å². The van der Waals surface area contributed by atoms with Gasteiger partial charge in [-0.1, -0.05) is 6.08 Å². The van der Waals surface area contributed by atoms with Crippen molar-refractivity contribution in [2.24, 2.45) is 0 Å². The summed E-state index contributed by atoms with van der Waals surface area (Å²) in [6, 6.07) is -0.358. The van der Waals surface area contributed by atoms with Gasteiger partial charge < -0.3 is 20.4 Å². The molecule has 0 aromatic rings. The monoisotopic (exact) mass is 258 g/mol. The fraction of sp³-hybridized carbons (Fsp3) is 0.667. The van der Waals surface area contributed by atoms with Crippen LogP contribution in [-0.2, 0) is 4.79 Å². The van der Waals surface area contributed by atoms with Gasteiger partial charge in [-0.05, 0) is 20.8 Å². The van der Waals surface area contributed by atoms with Crippen molar-refractivity contribution in [3.8, 4) is 0 Å². The average molecular weight is 258 g/mol. The Labute approximate surface area is 107 Å². The number of aliphatic carboxylic acids is 1. The molecule has 0 aliphatic heterocycles. The molecular formula is C12H22N2O4. The van der Waals surface area contributed by atoms with E-state index < -0.39 is 18.0 Å². The molecule has 0 heterocycles. The van der Waals surface area contributed by atoms with Crippen molar-refractivity contribution in [1.82, 2.24) is 10.2 Å². The predicted octanol–water partition coefficient (Wildman–Crippen LogP) is 0.818. The molecule has 1 atom stereocenters. The molecule has 0 saturated heterocycles. The Morgan fingerprint density at radius 1 is 1.50 bits per heavy atom. The lowest BCUT2D eigenvalue weighted by Gasteiger charge is -2.28. The summed E-state index contributed by atoms with van der Waals surface area (Å²) in [7, 11) is 0. The molecule has 3 N–H and O–H groups in total. The molecule has 0 bridgehead atoms. The van der Waals surface area contributed by atoms with Crippen molar-refractivity contribution < 1.29 is 19.8 Å². The second kappa shape index (κ2) is 7.00. The number of nitrogens with zero attached hydrogens (tertiary/aromatic N) is 1. The standard InChI is InChI=1S/C12H22N2O4/c1-5-6-14(9(2)3)11(17)13-8-12(4,18)7-10(15)16/h5,9,18H,1,6-8H2,2-4H3,(H,13,17)(H,15,16). The number of carboxylic acids is 1. The number of rotatable bonds is 7. The van der Waals surface area contributed by atoms with Crippen LogP contribution >= 0.6 is 0 Å². The Bertz CT molecular complexity index is 313. The van der Waals surface area contributed by atoms with Crippen LogP contribution in [0.3, 0.4) is 0 Å². The summed E-state index contributed by atoms with van der Waals surface area (Å²) in [4.78, 5) is 23.9. The first-order valence-electron chi connectivity index (χ1n) is 5.79. The quantitative estimate of drug-likeness (QED) is 0.590. The Hall–Kier alpha value is -1.56. The molecule has 0 saturated carbocycles. The molecule has 0 fully saturated rings. The van der Waals surface area contributed by atoms with Crippen LogP contribution in [-0.4, -0.2) is 51.8 Å². The molecule has 0 spiro atoms. The van der Waals surface area contributed by atoms with E-state index in [0.717, 1.165) is 0 Å². The molecule has 0 aromatic heterocycles. The van der Waals surface area contributed by atoms with Crippen LogP contribution in [0.4, 0.5) is 4.79 Å². The summed E-state index contributed by atoms with van der Waals surface area (Å²) in [6.07, 6.45) is 1.19. The SMILES string of the molecule is C=CCN(C(=O)NCC(C)(O)CC(=O)O)C(C)C. The van der Waals surface area contributed by atoms with E-state index in [-0.39, 0.29) is 18.6 Å². The third-order valence-corrected chi connectivity index (χ3v) is 2.36. The summed E-state index contributed by atoms with van der Waals surface area (Å²) < 4.78 is 0. The summed E-state index contributed by atoms with van der Waals surface area (Å²) in [5, 5.41) is 20.9. The first-order valence-corrected chi connectivity index (χ1v) is 5.79. The lowest BCUT2D eigenvalue weighted by molar-refractivity contribution is -0.141. The van der Waals surface area contributed by atoms with Crippen molar-refractivity contribution in [2.45, 2.75) is 38.8 Å². The van der Waals surface area contributed by atoms with Crippen LogP contribution in [0.15, 0.2) is 12.7 Å². The minimum Gasteiger partial charge on any atom is -0.481 e. The van der Waals surface area contributed by atoms with Gasteiger partial charge in [0.1, 0.15) is 0 Å². The zero-order valence-electron chi connectivity index (χ0n) is 11.1. The van der Waals surface area contributed by atoms with E-state index in [9.17, 15) is 14.7 Å². The van der Waals surface area contributed by atoms with Gasteiger partial charge in [0, 0.05) is 19.1 Å². The maximum absolute atomic E-state index is 11.8. The lowest BCUT2D eigenvalue weighted by Crippen LogP contribution is -2.49. The number of amides is 2. The van der Waals surface area contributed by atoms with Gasteiger partial charge in [0.15, 0.2) is 0 Å². The smallest absolute Gasteiger partial charge is 0.318 e. The van der Waals surface area contributed by atoms with Crippen molar-refractivity contribution in [1.29, 1.82) is 0 Å². The number of hydrogen-bond acceptors (Lipinski definition) is 3. The van der Waals surface area contributed by atoms with Crippen molar-refractivity contribution in [2.75, 3.05) is 13.1 Å². The summed E-state index contributed by atoms with van der Waals surface area (Å²) >= 11 is 0. The normalized spacial score (nSPS) is 13.8. The summed E-state index contributed by atoms with van der Waals surface area (Å²) in [5.74, 6) is -1.11. The third kappa shape index (κ3) is 6.24. The first-order chi connectivity index (χ1) is 8.19. The fourth-order valence-electron chi connectivity index (χ4n) is 1.42. The van der Waals surface area contributed by atoms with Gasteiger partial charge >= 0.3 is 12.0 Å². The molecule has 104 valence electrons. The van der Waals surface area contributed by atoms with Crippen molar-refractivity contribution in [3.63, 3.8) is 0 Å². The Kier molecular flexibility index (Phi) is 6.40. The largest absolute Gasteiger partial charge is 0.481 e. The number of nitrogens with one attached hydrogen (secondary N) is 1. The highest BCUT2D eigenvalue weighted by Gasteiger charge is 2.26. The van der Waals surface area contributed by atoms with Gasteiger partial charge in [0.05, 0.1) is 12.0 Å². The van der Waals surface area contributed by atoms with E-state index >= 15 is 0 Å². The first kappa shape index (κ1) is 16.4. The fourth-order valence-corrected chi connectivity index (χ4v) is 1.42. The van der Waals surface area contributed by atoms with E-state index in [1.165, 1.54) is 11.8 Å². The number of aliphatic hydroxyl groups is 1. The second-order valence-corrected chi connectivity index (χ2v) is 4.76. The molecular weight excluding hydrogens is 236 g/mol. The van der Waals surface area contributed by atoms with Gasteiger partial charge in [-0.3, -0.25) is 4.79 Å². The molecule has 18 heavy (non-hydrogen) atoms. The molecule has 0 rings (SSSR count). The zero-order chi connectivity index (χ0) is 14.3. The molecule has 0 aliphatic carbocycles. The van der Waals surface area contributed by atoms with Gasteiger partial charge in [-0.25, -0.2) is 4.79 Å². The van der Waals surface area contributed by atoms with E-state index in [1.807, 2.05) is 13.8 Å². The Balaban J connectivity index is 4.38. The van der Waals surface area contributed by atoms with Gasteiger partial charge in [0.25, 0.3) is 0 Å². The highest BCUT2D eigenvalue weighted by molar-refractivity contribution is 5.75. The second-order valence-electron chi connectivity index (χ2n) is 4.76. The molecule has 2 amide bonds. The average Bonchev–Trinajstić information content (AvgIpc) is 2.20. The number of carbonyl (C=O) groups is 2. The lowest BCUT2D eigenvalue weighted by atomic mass is 10.0. The number of urea groups is 1. The van der Waals surface area contributed by atoms with Gasteiger partial charge in [-0.2, -0.15) is 0 Å². The minimum atomic E-state index is -1.46. The van der Waals surface area contributed by atoms with E-state index in [1.54, 1.807) is 6.08 Å². The van der Waals surface area contributed by atoms with Crippen molar-refractivity contribution >= 4 is 12.0 Å². The highest BCUT2D eigenvalue weighted by Crippen LogP contribution is 2.08. The molecule has 1 unspecified atom stereocenters. The van der Waals surface area contributed by atoms with Gasteiger partial charge in [0.2, 0.25) is 0 Å². The van der Waals surface area contributed by atoms with E-state index in [0.29, 0.717) is 6.54 Å². The Morgan fingerprint density at radius 3 is 2.44 bits per heavy atom. The summed E-state index contributed by atoms with van der Waals surface area (Å²) in [5.41, 5.74) is -1.46.